The van der Waals surface area contributed by atoms with Crippen molar-refractivity contribution in [1.29, 1.82) is 0 Å². The molecule has 0 spiro atoms. The maximum Gasteiger partial charge on any atom is 0.0434 e. The van der Waals surface area contributed by atoms with E-state index in [4.69, 9.17) is 0 Å². The molecule has 2 atom stereocenters. The van der Waals surface area contributed by atoms with E-state index in [1.807, 2.05) is 0 Å². The zero-order valence-electron chi connectivity index (χ0n) is 12.1. The zero-order chi connectivity index (χ0) is 13.0. The van der Waals surface area contributed by atoms with Gasteiger partial charge in [-0.25, -0.2) is 0 Å². The predicted octanol–water partition coefficient (Wildman–Crippen LogP) is 1.86. The molecule has 2 N–H and O–H groups in total. The summed E-state index contributed by atoms with van der Waals surface area (Å²) >= 11 is 0. The maximum atomic E-state index is 9.18. The van der Waals surface area contributed by atoms with Gasteiger partial charge in [0.2, 0.25) is 0 Å². The quantitative estimate of drug-likeness (QED) is 0.759. The number of hydrogen-bond acceptors (Lipinski definition) is 3. The van der Waals surface area contributed by atoms with Crippen molar-refractivity contribution in [3.8, 4) is 0 Å². The molecule has 1 saturated carbocycles. The number of aliphatic hydroxyl groups excluding tert-OH is 1. The van der Waals surface area contributed by atoms with Crippen molar-refractivity contribution in [3.63, 3.8) is 0 Å². The first-order valence-corrected chi connectivity index (χ1v) is 7.77. The van der Waals surface area contributed by atoms with Crippen molar-refractivity contribution >= 4 is 0 Å². The molecule has 0 amide bonds. The van der Waals surface area contributed by atoms with E-state index in [0.29, 0.717) is 18.6 Å². The highest BCUT2D eigenvalue weighted by Gasteiger charge is 2.33. The first kappa shape index (κ1) is 14.3. The highest BCUT2D eigenvalue weighted by atomic mass is 16.3. The highest BCUT2D eigenvalue weighted by Crippen LogP contribution is 2.30. The monoisotopic (exact) mass is 254 g/mol. The van der Waals surface area contributed by atoms with Crippen LogP contribution < -0.4 is 5.32 Å². The Hall–Kier alpha value is -0.120. The van der Waals surface area contributed by atoms with Crippen LogP contribution in [0.4, 0.5) is 0 Å². The van der Waals surface area contributed by atoms with Gasteiger partial charge in [0.15, 0.2) is 0 Å². The van der Waals surface area contributed by atoms with Crippen molar-refractivity contribution in [2.45, 2.75) is 58.0 Å². The number of aliphatic hydroxyl groups is 1. The Kier molecular flexibility index (Phi) is 5.46. The summed E-state index contributed by atoms with van der Waals surface area (Å²) in [5, 5.41) is 12.9. The lowest BCUT2D eigenvalue weighted by atomic mass is 9.85. The normalized spacial score (nSPS) is 30.7. The second-order valence-corrected chi connectivity index (χ2v) is 6.65. The predicted molar refractivity (Wildman–Crippen MR) is 75.7 cm³/mol. The second-order valence-electron chi connectivity index (χ2n) is 6.65. The minimum absolute atomic E-state index is 0.347. The number of likely N-dealkylation sites (tertiary alicyclic amines) is 1. The van der Waals surface area contributed by atoms with Crippen molar-refractivity contribution in [2.75, 3.05) is 26.2 Å². The SMILES string of the molecule is CC(C)CNC1CC(CCO)CN(C2CCC2)C1. The van der Waals surface area contributed by atoms with Crippen molar-refractivity contribution < 1.29 is 5.11 Å². The molecule has 0 aromatic rings. The summed E-state index contributed by atoms with van der Waals surface area (Å²) in [7, 11) is 0. The van der Waals surface area contributed by atoms with Crippen LogP contribution in [0.3, 0.4) is 0 Å². The van der Waals surface area contributed by atoms with Gasteiger partial charge in [0.25, 0.3) is 0 Å². The highest BCUT2D eigenvalue weighted by molar-refractivity contribution is 4.89. The summed E-state index contributed by atoms with van der Waals surface area (Å²) in [5.41, 5.74) is 0. The lowest BCUT2D eigenvalue weighted by Crippen LogP contribution is -2.54. The van der Waals surface area contributed by atoms with E-state index in [9.17, 15) is 5.11 Å². The van der Waals surface area contributed by atoms with E-state index >= 15 is 0 Å². The summed E-state index contributed by atoms with van der Waals surface area (Å²) in [4.78, 5) is 2.69. The standard InChI is InChI=1S/C15H30N2O/c1-12(2)9-16-14-8-13(6-7-18)10-17(11-14)15-4-3-5-15/h12-16,18H,3-11H2,1-2H3. The van der Waals surface area contributed by atoms with Gasteiger partial charge in [-0.2, -0.15) is 0 Å². The molecule has 106 valence electrons. The van der Waals surface area contributed by atoms with Crippen molar-refractivity contribution in [1.82, 2.24) is 10.2 Å². The molecule has 2 fully saturated rings. The van der Waals surface area contributed by atoms with Gasteiger partial charge < -0.3 is 10.4 Å². The molecule has 2 unspecified atom stereocenters. The molecule has 1 heterocycles. The fourth-order valence-electron chi connectivity index (χ4n) is 3.23. The number of hydrogen-bond donors (Lipinski definition) is 2. The van der Waals surface area contributed by atoms with Crippen LogP contribution in [0.5, 0.6) is 0 Å². The number of rotatable bonds is 6. The molecule has 2 rings (SSSR count). The van der Waals surface area contributed by atoms with Crippen molar-refractivity contribution in [3.05, 3.63) is 0 Å². The second kappa shape index (κ2) is 6.88. The van der Waals surface area contributed by atoms with Crippen LogP contribution >= 0.6 is 0 Å². The summed E-state index contributed by atoms with van der Waals surface area (Å²) in [5.74, 6) is 1.41. The molecule has 1 saturated heterocycles. The fraction of sp³-hybridized carbons (Fsp3) is 1.00. The average molecular weight is 254 g/mol. The van der Waals surface area contributed by atoms with E-state index in [1.165, 1.54) is 38.8 Å². The molecule has 3 heteroatoms. The minimum Gasteiger partial charge on any atom is -0.396 e. The molecule has 3 nitrogen and oxygen atoms in total. The van der Waals surface area contributed by atoms with Crippen LogP contribution in [-0.4, -0.2) is 48.3 Å². The van der Waals surface area contributed by atoms with E-state index in [2.05, 4.69) is 24.1 Å². The fourth-order valence-corrected chi connectivity index (χ4v) is 3.23. The number of nitrogens with zero attached hydrogens (tertiary/aromatic N) is 1. The Labute approximate surface area is 112 Å². The number of piperidine rings is 1. The number of nitrogens with one attached hydrogen (secondary N) is 1. The molecular formula is C15H30N2O. The summed E-state index contributed by atoms with van der Waals surface area (Å²) in [6, 6.07) is 1.48. The lowest BCUT2D eigenvalue weighted by Gasteiger charge is -2.45. The Bertz CT molecular complexity index is 241. The summed E-state index contributed by atoms with van der Waals surface area (Å²) < 4.78 is 0. The van der Waals surface area contributed by atoms with Gasteiger partial charge in [0.05, 0.1) is 0 Å². The lowest BCUT2D eigenvalue weighted by molar-refractivity contribution is 0.0502. The van der Waals surface area contributed by atoms with E-state index in [1.54, 1.807) is 0 Å². The molecular weight excluding hydrogens is 224 g/mol. The molecule has 0 aromatic heterocycles. The summed E-state index contributed by atoms with van der Waals surface area (Å²) in [6.45, 7) is 8.44. The van der Waals surface area contributed by atoms with E-state index < -0.39 is 0 Å². The van der Waals surface area contributed by atoms with Crippen LogP contribution in [0.25, 0.3) is 0 Å². The molecule has 0 radical (unpaired) electrons. The molecule has 0 bridgehead atoms. The van der Waals surface area contributed by atoms with E-state index in [0.717, 1.165) is 24.9 Å². The van der Waals surface area contributed by atoms with Gasteiger partial charge >= 0.3 is 0 Å². The Morgan fingerprint density at radius 2 is 2.06 bits per heavy atom. The van der Waals surface area contributed by atoms with Gasteiger partial charge in [-0.05, 0) is 44.1 Å². The van der Waals surface area contributed by atoms with Crippen LogP contribution in [-0.2, 0) is 0 Å². The molecule has 18 heavy (non-hydrogen) atoms. The third-order valence-corrected chi connectivity index (χ3v) is 4.51. The van der Waals surface area contributed by atoms with Gasteiger partial charge in [-0.3, -0.25) is 4.90 Å². The Balaban J connectivity index is 1.84. The van der Waals surface area contributed by atoms with E-state index in [-0.39, 0.29) is 0 Å². The molecule has 1 aliphatic heterocycles. The molecule has 0 aromatic carbocycles. The van der Waals surface area contributed by atoms with Crippen LogP contribution in [0.1, 0.15) is 46.0 Å². The van der Waals surface area contributed by atoms with Gasteiger partial charge in [-0.1, -0.05) is 20.3 Å². The summed E-state index contributed by atoms with van der Waals surface area (Å²) in [6.07, 6.45) is 6.42. The average Bonchev–Trinajstić information content (AvgIpc) is 2.24. The maximum absolute atomic E-state index is 9.18. The van der Waals surface area contributed by atoms with Gasteiger partial charge in [0, 0.05) is 31.8 Å². The van der Waals surface area contributed by atoms with Crippen LogP contribution in [0, 0.1) is 11.8 Å². The van der Waals surface area contributed by atoms with Gasteiger partial charge in [0.1, 0.15) is 0 Å². The third kappa shape index (κ3) is 3.94. The first-order chi connectivity index (χ1) is 8.69. The minimum atomic E-state index is 0.347. The smallest absolute Gasteiger partial charge is 0.0434 e. The largest absolute Gasteiger partial charge is 0.396 e. The Morgan fingerprint density at radius 1 is 1.28 bits per heavy atom. The topological polar surface area (TPSA) is 35.5 Å². The Morgan fingerprint density at radius 3 is 2.61 bits per heavy atom. The zero-order valence-corrected chi connectivity index (χ0v) is 12.1. The van der Waals surface area contributed by atoms with Crippen LogP contribution in [0.2, 0.25) is 0 Å². The molecule has 2 aliphatic rings. The van der Waals surface area contributed by atoms with Crippen LogP contribution in [0.15, 0.2) is 0 Å². The first-order valence-electron chi connectivity index (χ1n) is 7.77. The van der Waals surface area contributed by atoms with Crippen molar-refractivity contribution in [2.24, 2.45) is 11.8 Å². The molecule has 1 aliphatic carbocycles. The van der Waals surface area contributed by atoms with Gasteiger partial charge in [-0.15, -0.1) is 0 Å². The third-order valence-electron chi connectivity index (χ3n) is 4.51.